The van der Waals surface area contributed by atoms with Crippen LogP contribution in [0.1, 0.15) is 67.3 Å². The molecule has 47 heavy (non-hydrogen) atoms. The summed E-state index contributed by atoms with van der Waals surface area (Å²) in [5, 5.41) is 8.28. The number of rotatable bonds is 4. The number of carbonyl (C=O) groups is 3. The van der Waals surface area contributed by atoms with Gasteiger partial charge in [-0.15, -0.1) is 0 Å². The van der Waals surface area contributed by atoms with E-state index in [0.717, 1.165) is 57.2 Å². The average molecular weight is 701 g/mol. The number of aromatic nitrogens is 6. The summed E-state index contributed by atoms with van der Waals surface area (Å²) in [6, 6.07) is 5.01. The first-order valence-electron chi connectivity index (χ1n) is 16.2. The smallest absolute Gasteiger partial charge is 0.248 e. The number of aryl methyl sites for hydroxylation is 2. The van der Waals surface area contributed by atoms with Crippen molar-refractivity contribution in [3.63, 3.8) is 0 Å². The van der Waals surface area contributed by atoms with E-state index in [9.17, 15) is 14.4 Å². The van der Waals surface area contributed by atoms with Gasteiger partial charge in [-0.3, -0.25) is 24.0 Å². The third-order valence-corrected chi connectivity index (χ3v) is 10.3. The highest BCUT2D eigenvalue weighted by Crippen LogP contribution is 2.60. The summed E-state index contributed by atoms with van der Waals surface area (Å²) in [4.78, 5) is 62.9. The minimum Gasteiger partial charge on any atom is -0.325 e. The van der Waals surface area contributed by atoms with Crippen LogP contribution < -0.4 is 5.32 Å². The molecule has 13 heteroatoms. The van der Waals surface area contributed by atoms with Crippen molar-refractivity contribution >= 4 is 50.2 Å². The second-order valence-corrected chi connectivity index (χ2v) is 14.1. The first kappa shape index (κ1) is 31.5. The number of halogens is 1. The molecular weight excluding hydrogens is 662 g/mol. The number of nitrogens with zero attached hydrogens (tertiary/aromatic N) is 8. The van der Waals surface area contributed by atoms with Gasteiger partial charge in [0.2, 0.25) is 11.8 Å². The number of ketones is 1. The van der Waals surface area contributed by atoms with Crippen molar-refractivity contribution in [2.24, 2.45) is 5.41 Å². The van der Waals surface area contributed by atoms with Gasteiger partial charge in [0.1, 0.15) is 34.5 Å². The molecule has 0 radical (unpaired) electrons. The Morgan fingerprint density at radius 3 is 2.64 bits per heavy atom. The summed E-state index contributed by atoms with van der Waals surface area (Å²) in [6.07, 6.45) is 11.7. The van der Waals surface area contributed by atoms with Gasteiger partial charge in [-0.05, 0) is 86.2 Å². The van der Waals surface area contributed by atoms with E-state index < -0.39 is 6.04 Å². The highest BCUT2D eigenvalue weighted by molar-refractivity contribution is 9.10. The molecule has 1 spiro atoms. The molecule has 1 N–H and O–H groups in total. The number of likely N-dealkylation sites (tertiary alicyclic amines) is 1. The molecule has 1 aliphatic carbocycles. The second-order valence-electron chi connectivity index (χ2n) is 13.3. The van der Waals surface area contributed by atoms with Crippen LogP contribution in [-0.4, -0.2) is 89.3 Å². The highest BCUT2D eigenvalue weighted by Gasteiger charge is 2.67. The van der Waals surface area contributed by atoms with Crippen molar-refractivity contribution in [2.45, 2.75) is 77.4 Å². The van der Waals surface area contributed by atoms with E-state index in [-0.39, 0.29) is 41.3 Å². The van der Waals surface area contributed by atoms with Crippen molar-refractivity contribution in [2.75, 3.05) is 25.5 Å². The number of hydrogen-bond donors (Lipinski definition) is 1. The molecule has 244 valence electrons. The number of hydrogen-bond acceptors (Lipinski definition) is 9. The lowest BCUT2D eigenvalue weighted by Crippen LogP contribution is -2.47. The zero-order valence-corrected chi connectivity index (χ0v) is 28.5. The molecule has 2 bridgehead atoms. The molecule has 1 unspecified atom stereocenters. The Morgan fingerprint density at radius 1 is 1.06 bits per heavy atom. The van der Waals surface area contributed by atoms with Gasteiger partial charge in [0.15, 0.2) is 5.78 Å². The van der Waals surface area contributed by atoms with Gasteiger partial charge < -0.3 is 15.1 Å². The molecule has 3 atom stereocenters. The van der Waals surface area contributed by atoms with E-state index in [2.05, 4.69) is 58.2 Å². The van der Waals surface area contributed by atoms with Gasteiger partial charge in [-0.1, -0.05) is 18.9 Å². The minimum absolute atomic E-state index is 0.0450. The molecule has 0 aromatic carbocycles. The van der Waals surface area contributed by atoms with Gasteiger partial charge >= 0.3 is 0 Å². The molecule has 4 aromatic heterocycles. The number of fused-ring (bicyclic) bond motifs is 3. The zero-order valence-electron chi connectivity index (χ0n) is 26.9. The normalized spacial score (nSPS) is 23.4. The first-order chi connectivity index (χ1) is 22.6. The molecule has 4 aromatic rings. The average Bonchev–Trinajstić information content (AvgIpc) is 3.44. The Kier molecular flexibility index (Phi) is 8.37. The van der Waals surface area contributed by atoms with Crippen molar-refractivity contribution in [3.05, 3.63) is 58.5 Å². The molecule has 7 rings (SSSR count). The van der Waals surface area contributed by atoms with Gasteiger partial charge in [-0.2, -0.15) is 5.10 Å². The molecule has 2 aliphatic heterocycles. The largest absolute Gasteiger partial charge is 0.325 e. The minimum atomic E-state index is -0.645. The fourth-order valence-electron chi connectivity index (χ4n) is 7.43. The third kappa shape index (κ3) is 6.18. The van der Waals surface area contributed by atoms with Gasteiger partial charge in [-0.25, -0.2) is 15.0 Å². The molecule has 1 saturated carbocycles. The molecule has 12 nitrogen and oxygen atoms in total. The number of anilines is 1. The lowest BCUT2D eigenvalue weighted by Gasteiger charge is -2.27. The van der Waals surface area contributed by atoms with Crippen molar-refractivity contribution in [1.82, 2.24) is 39.5 Å². The first-order valence-corrected chi connectivity index (χ1v) is 17.0. The summed E-state index contributed by atoms with van der Waals surface area (Å²) < 4.78 is 2.19. The van der Waals surface area contributed by atoms with Crippen LogP contribution in [0.25, 0.3) is 22.2 Å². The Balaban J connectivity index is 1.20. The summed E-state index contributed by atoms with van der Waals surface area (Å²) in [5.74, 6) is 0.537. The predicted octanol–water partition coefficient (Wildman–Crippen LogP) is 4.60. The second kappa shape index (κ2) is 12.5. The van der Waals surface area contributed by atoms with Crippen LogP contribution >= 0.6 is 15.9 Å². The summed E-state index contributed by atoms with van der Waals surface area (Å²) >= 11 is 3.46. The van der Waals surface area contributed by atoms with E-state index >= 15 is 0 Å². The number of carbonyl (C=O) groups excluding carboxylic acids is 3. The molecule has 6 heterocycles. The lowest BCUT2D eigenvalue weighted by atomic mass is 9.98. The molecule has 2 fully saturated rings. The number of piperidine rings is 1. The maximum atomic E-state index is 14.3. The maximum Gasteiger partial charge on any atom is 0.248 e. The van der Waals surface area contributed by atoms with Crippen LogP contribution in [0.2, 0.25) is 0 Å². The van der Waals surface area contributed by atoms with Gasteiger partial charge in [0.25, 0.3) is 0 Å². The van der Waals surface area contributed by atoms with Crippen LogP contribution in [-0.2, 0) is 22.6 Å². The highest BCUT2D eigenvalue weighted by atomic mass is 79.9. The summed E-state index contributed by atoms with van der Waals surface area (Å²) in [5.41, 5.74) is 3.01. The Morgan fingerprint density at radius 2 is 1.85 bits per heavy atom. The fraction of sp³-hybridized carbons (Fsp3) is 0.471. The standard InChI is InChI=1S/C34H38BrN9O3/c1-20(45)31-24-12-25(23-15-36-21(2)37-16-23)38-17-27(24)43(41-31)18-30(46)44-26-13-34(14-28(34)44)19-42(3)11-7-5-4-6-8-22-9-10-29(35)39-32(22)40-33(26)47/h9-10,12,15-17,26,28H,4-8,11,13-14,18-19H2,1-3H3,(H,39,40,47)/t26-,28?,34-/m0/s1. The number of Topliss-reactive ketones (excluding diaryl/α,β-unsaturated/α-hetero) is 1. The molecule has 1 saturated heterocycles. The number of nitrogens with one attached hydrogen (secondary N) is 1. The van der Waals surface area contributed by atoms with E-state index in [0.29, 0.717) is 44.8 Å². The van der Waals surface area contributed by atoms with Gasteiger partial charge in [0, 0.05) is 48.3 Å². The Hall–Kier alpha value is -4.10. The van der Waals surface area contributed by atoms with Crippen LogP contribution in [0.15, 0.2) is 41.4 Å². The van der Waals surface area contributed by atoms with E-state index in [1.165, 1.54) is 6.92 Å². The third-order valence-electron chi connectivity index (χ3n) is 9.85. The van der Waals surface area contributed by atoms with E-state index in [1.54, 1.807) is 34.2 Å². The van der Waals surface area contributed by atoms with Crippen LogP contribution in [0, 0.1) is 12.3 Å². The zero-order chi connectivity index (χ0) is 32.9. The van der Waals surface area contributed by atoms with E-state index in [1.807, 2.05) is 19.1 Å². The molecular formula is C34H38BrN9O3. The van der Waals surface area contributed by atoms with Crippen LogP contribution in [0.5, 0.6) is 0 Å². The topological polar surface area (TPSA) is 139 Å². The molecule has 2 amide bonds. The Labute approximate surface area is 281 Å². The van der Waals surface area contributed by atoms with Crippen LogP contribution in [0.3, 0.4) is 0 Å². The SMILES string of the molecule is CC(=O)c1nn(CC(=O)N2C3C[C@]34C[C@H]2C(=O)Nc2nc(Br)ccc2CCCCCCN(C)C4)c2cnc(-c3cnc(C)nc3)cc12. The predicted molar refractivity (Wildman–Crippen MR) is 180 cm³/mol. The van der Waals surface area contributed by atoms with Crippen molar-refractivity contribution in [3.8, 4) is 11.3 Å². The Bertz CT molecular complexity index is 1880. The maximum absolute atomic E-state index is 14.3. The van der Waals surface area contributed by atoms with Crippen molar-refractivity contribution < 1.29 is 14.4 Å². The lowest BCUT2D eigenvalue weighted by molar-refractivity contribution is -0.138. The quantitative estimate of drug-likeness (QED) is 0.239. The van der Waals surface area contributed by atoms with Crippen LogP contribution in [0.4, 0.5) is 5.82 Å². The molecule has 3 aliphatic rings. The summed E-state index contributed by atoms with van der Waals surface area (Å²) in [7, 11) is 2.14. The van der Waals surface area contributed by atoms with Gasteiger partial charge in [0.05, 0.1) is 17.4 Å². The monoisotopic (exact) mass is 699 g/mol. The van der Waals surface area contributed by atoms with Crippen molar-refractivity contribution in [1.29, 1.82) is 0 Å². The number of amides is 2. The number of pyridine rings is 2. The summed E-state index contributed by atoms with van der Waals surface area (Å²) in [6.45, 7) is 4.97. The van der Waals surface area contributed by atoms with E-state index in [4.69, 9.17) is 0 Å². The fourth-order valence-corrected chi connectivity index (χ4v) is 7.74.